The Kier molecular flexibility index (Phi) is 5.98. The highest BCUT2D eigenvalue weighted by Gasteiger charge is 2.31. The maximum atomic E-state index is 13.0. The molecule has 0 spiro atoms. The molecule has 1 saturated heterocycles. The maximum Gasteiger partial charge on any atom is 0.225 e. The number of carbonyl (C=O) groups is 1. The third kappa shape index (κ3) is 4.27. The number of likely N-dealkylation sites (tertiary alicyclic amines) is 1. The first-order valence-electron chi connectivity index (χ1n) is 10.0. The highest BCUT2D eigenvalue weighted by molar-refractivity contribution is 5.87. The van der Waals surface area contributed by atoms with Gasteiger partial charge >= 0.3 is 0 Å². The highest BCUT2D eigenvalue weighted by atomic mass is 16.2. The van der Waals surface area contributed by atoms with Gasteiger partial charge in [-0.1, -0.05) is 55.8 Å². The SMILES string of the molecule is CCCCN1CCCC(C(=O)NC(C)(C)c2cccc3ccccc23)C1. The van der Waals surface area contributed by atoms with E-state index in [1.165, 1.54) is 29.2 Å². The Morgan fingerprint density at radius 2 is 1.96 bits per heavy atom. The second kappa shape index (κ2) is 8.22. The summed E-state index contributed by atoms with van der Waals surface area (Å²) in [4.78, 5) is 15.5. The van der Waals surface area contributed by atoms with Crippen molar-refractivity contribution in [2.45, 2.75) is 52.0 Å². The lowest BCUT2D eigenvalue weighted by atomic mass is 9.88. The molecule has 2 aromatic carbocycles. The fourth-order valence-corrected chi connectivity index (χ4v) is 4.10. The van der Waals surface area contributed by atoms with Crippen molar-refractivity contribution in [2.24, 2.45) is 5.92 Å². The molecular formula is C23H32N2O. The van der Waals surface area contributed by atoms with E-state index in [2.05, 4.69) is 73.5 Å². The quantitative estimate of drug-likeness (QED) is 0.817. The first-order valence-corrected chi connectivity index (χ1v) is 10.0. The van der Waals surface area contributed by atoms with Gasteiger partial charge in [-0.15, -0.1) is 0 Å². The minimum atomic E-state index is -0.385. The number of hydrogen-bond acceptors (Lipinski definition) is 2. The average molecular weight is 353 g/mol. The number of nitrogens with one attached hydrogen (secondary N) is 1. The van der Waals surface area contributed by atoms with Gasteiger partial charge in [-0.05, 0) is 62.5 Å². The molecule has 1 fully saturated rings. The summed E-state index contributed by atoms with van der Waals surface area (Å²) in [7, 11) is 0. The second-order valence-corrected chi connectivity index (χ2v) is 8.13. The zero-order valence-corrected chi connectivity index (χ0v) is 16.4. The highest BCUT2D eigenvalue weighted by Crippen LogP contribution is 2.29. The predicted molar refractivity (Wildman–Crippen MR) is 109 cm³/mol. The van der Waals surface area contributed by atoms with Crippen LogP contribution in [-0.2, 0) is 10.3 Å². The molecule has 1 aliphatic heterocycles. The van der Waals surface area contributed by atoms with Crippen molar-refractivity contribution < 1.29 is 4.79 Å². The van der Waals surface area contributed by atoms with Crippen molar-refractivity contribution in [3.63, 3.8) is 0 Å². The summed E-state index contributed by atoms with van der Waals surface area (Å²) in [5, 5.41) is 5.78. The Morgan fingerprint density at radius 1 is 1.19 bits per heavy atom. The van der Waals surface area contributed by atoms with Crippen LogP contribution >= 0.6 is 0 Å². The van der Waals surface area contributed by atoms with Gasteiger partial charge in [0, 0.05) is 6.54 Å². The molecule has 0 radical (unpaired) electrons. The third-order valence-electron chi connectivity index (χ3n) is 5.60. The summed E-state index contributed by atoms with van der Waals surface area (Å²) >= 11 is 0. The number of rotatable bonds is 6. The molecule has 0 saturated carbocycles. The van der Waals surface area contributed by atoms with E-state index in [1.54, 1.807) is 0 Å². The Balaban J connectivity index is 1.73. The van der Waals surface area contributed by atoms with Gasteiger partial charge < -0.3 is 10.2 Å². The fraction of sp³-hybridized carbons (Fsp3) is 0.522. The lowest BCUT2D eigenvalue weighted by molar-refractivity contribution is -0.128. The largest absolute Gasteiger partial charge is 0.347 e. The minimum Gasteiger partial charge on any atom is -0.347 e. The normalized spacial score (nSPS) is 18.8. The Morgan fingerprint density at radius 3 is 2.77 bits per heavy atom. The van der Waals surface area contributed by atoms with Gasteiger partial charge in [-0.25, -0.2) is 0 Å². The number of hydrogen-bond donors (Lipinski definition) is 1. The zero-order valence-electron chi connectivity index (χ0n) is 16.4. The van der Waals surface area contributed by atoms with E-state index in [-0.39, 0.29) is 17.4 Å². The van der Waals surface area contributed by atoms with Crippen LogP contribution < -0.4 is 5.32 Å². The topological polar surface area (TPSA) is 32.3 Å². The standard InChI is InChI=1S/C23H32N2O/c1-4-5-15-25-16-9-12-19(17-25)22(26)24-23(2,3)21-14-8-11-18-10-6-7-13-20(18)21/h6-8,10-11,13-14,19H,4-5,9,12,15-17H2,1-3H3,(H,24,26). The van der Waals surface area contributed by atoms with Crippen molar-refractivity contribution in [3.8, 4) is 0 Å². The maximum absolute atomic E-state index is 13.0. The van der Waals surface area contributed by atoms with Crippen molar-refractivity contribution in [2.75, 3.05) is 19.6 Å². The summed E-state index contributed by atoms with van der Waals surface area (Å²) < 4.78 is 0. The molecule has 26 heavy (non-hydrogen) atoms. The number of amides is 1. The van der Waals surface area contributed by atoms with Crippen molar-refractivity contribution in [1.29, 1.82) is 0 Å². The molecule has 2 aromatic rings. The molecule has 1 aliphatic rings. The van der Waals surface area contributed by atoms with E-state index in [0.717, 1.165) is 32.5 Å². The Hall–Kier alpha value is -1.87. The number of benzene rings is 2. The molecule has 1 N–H and O–H groups in total. The molecule has 0 bridgehead atoms. The zero-order chi connectivity index (χ0) is 18.6. The van der Waals surface area contributed by atoms with E-state index < -0.39 is 0 Å². The minimum absolute atomic E-state index is 0.106. The van der Waals surface area contributed by atoms with Crippen LogP contribution in [0.1, 0.15) is 52.0 Å². The molecule has 0 aliphatic carbocycles. The summed E-state index contributed by atoms with van der Waals surface area (Å²) in [5.41, 5.74) is 0.798. The van der Waals surface area contributed by atoms with E-state index in [4.69, 9.17) is 0 Å². The summed E-state index contributed by atoms with van der Waals surface area (Å²) in [6, 6.07) is 14.7. The molecule has 140 valence electrons. The van der Waals surface area contributed by atoms with E-state index in [9.17, 15) is 4.79 Å². The van der Waals surface area contributed by atoms with Crippen molar-refractivity contribution in [1.82, 2.24) is 10.2 Å². The van der Waals surface area contributed by atoms with Crippen LogP contribution in [0, 0.1) is 5.92 Å². The van der Waals surface area contributed by atoms with Crippen molar-refractivity contribution in [3.05, 3.63) is 48.0 Å². The van der Waals surface area contributed by atoms with Crippen LogP contribution in [-0.4, -0.2) is 30.4 Å². The van der Waals surface area contributed by atoms with Gasteiger partial charge in [-0.3, -0.25) is 4.79 Å². The fourth-order valence-electron chi connectivity index (χ4n) is 4.10. The van der Waals surface area contributed by atoms with Gasteiger partial charge in [0.1, 0.15) is 0 Å². The van der Waals surface area contributed by atoms with Gasteiger partial charge in [0.2, 0.25) is 5.91 Å². The predicted octanol–water partition coefficient (Wildman–Crippen LogP) is 4.70. The molecular weight excluding hydrogens is 320 g/mol. The van der Waals surface area contributed by atoms with Gasteiger partial charge in [0.05, 0.1) is 11.5 Å². The van der Waals surface area contributed by atoms with Gasteiger partial charge in [-0.2, -0.15) is 0 Å². The molecule has 3 nitrogen and oxygen atoms in total. The van der Waals surface area contributed by atoms with Gasteiger partial charge in [0.15, 0.2) is 0 Å². The Labute approximate surface area is 157 Å². The number of fused-ring (bicyclic) bond motifs is 1. The van der Waals surface area contributed by atoms with Crippen LogP contribution in [0.5, 0.6) is 0 Å². The molecule has 0 aromatic heterocycles. The van der Waals surface area contributed by atoms with E-state index >= 15 is 0 Å². The molecule has 1 heterocycles. The van der Waals surface area contributed by atoms with Crippen LogP contribution in [0.15, 0.2) is 42.5 Å². The number of carbonyl (C=O) groups excluding carboxylic acids is 1. The van der Waals surface area contributed by atoms with Crippen LogP contribution in [0.25, 0.3) is 10.8 Å². The lowest BCUT2D eigenvalue weighted by Crippen LogP contribution is -2.48. The van der Waals surface area contributed by atoms with Crippen LogP contribution in [0.3, 0.4) is 0 Å². The average Bonchev–Trinajstić information content (AvgIpc) is 2.65. The monoisotopic (exact) mass is 352 g/mol. The number of piperidine rings is 1. The van der Waals surface area contributed by atoms with Crippen LogP contribution in [0.2, 0.25) is 0 Å². The third-order valence-corrected chi connectivity index (χ3v) is 5.60. The van der Waals surface area contributed by atoms with Crippen LogP contribution in [0.4, 0.5) is 0 Å². The smallest absolute Gasteiger partial charge is 0.225 e. The first-order chi connectivity index (χ1) is 12.5. The molecule has 1 amide bonds. The molecule has 1 unspecified atom stereocenters. The molecule has 3 heteroatoms. The molecule has 3 rings (SSSR count). The van der Waals surface area contributed by atoms with E-state index in [1.807, 2.05) is 0 Å². The lowest BCUT2D eigenvalue weighted by Gasteiger charge is -2.35. The van der Waals surface area contributed by atoms with Gasteiger partial charge in [0.25, 0.3) is 0 Å². The second-order valence-electron chi connectivity index (χ2n) is 8.13. The Bertz CT molecular complexity index is 747. The summed E-state index contributed by atoms with van der Waals surface area (Å²) in [6.45, 7) is 9.61. The molecule has 1 atom stereocenters. The number of nitrogens with zero attached hydrogens (tertiary/aromatic N) is 1. The summed E-state index contributed by atoms with van der Waals surface area (Å²) in [6.07, 6.45) is 4.55. The van der Waals surface area contributed by atoms with Crippen molar-refractivity contribution >= 4 is 16.7 Å². The number of unbranched alkanes of at least 4 members (excludes halogenated alkanes) is 1. The first kappa shape index (κ1) is 18.9. The summed E-state index contributed by atoms with van der Waals surface area (Å²) in [5.74, 6) is 0.305. The van der Waals surface area contributed by atoms with E-state index in [0.29, 0.717) is 0 Å².